The number of nitrogens with one attached hydrogen (secondary N) is 1. The number of aromatic amines is 1. The van der Waals surface area contributed by atoms with Gasteiger partial charge in [0.1, 0.15) is 6.10 Å². The number of rotatable bonds is 1. The molecule has 1 aliphatic carbocycles. The number of benzene rings is 3. The van der Waals surface area contributed by atoms with Crippen LogP contribution in [0.25, 0.3) is 38.9 Å². The Kier molecular flexibility index (Phi) is 3.09. The van der Waals surface area contributed by atoms with Crippen LogP contribution in [0, 0.1) is 6.07 Å². The number of para-hydroxylation sites is 1. The standard InChI is InChI=1S/C25H16NO2/c27-25-20-8-2-1-7-19(20)24-16(9-5-11-23(24)28-25)15-12-13-18-17-6-3-4-10-21(17)26-22(18)14-15/h1-13,23,26-27H. The first-order valence-electron chi connectivity index (χ1n) is 9.31. The quantitative estimate of drug-likeness (QED) is 0.539. The molecule has 1 aromatic heterocycles. The molecule has 0 bridgehead atoms. The molecule has 1 unspecified atom stereocenters. The number of aromatic nitrogens is 1. The van der Waals surface area contributed by atoms with E-state index in [0.29, 0.717) is 0 Å². The monoisotopic (exact) mass is 362 g/mol. The molecule has 28 heavy (non-hydrogen) atoms. The molecule has 6 rings (SSSR count). The molecule has 0 amide bonds. The van der Waals surface area contributed by atoms with Gasteiger partial charge in [-0.25, -0.2) is 0 Å². The highest BCUT2D eigenvalue weighted by Crippen LogP contribution is 2.35. The lowest BCUT2D eigenvalue weighted by Crippen LogP contribution is -2.39. The number of aliphatic hydroxyl groups excluding tert-OH is 1. The highest BCUT2D eigenvalue weighted by atomic mass is 16.6. The smallest absolute Gasteiger partial charge is 0.285 e. The molecule has 2 heterocycles. The molecular formula is C25H16NO2. The summed E-state index contributed by atoms with van der Waals surface area (Å²) in [7, 11) is 0. The molecule has 0 saturated carbocycles. The molecule has 3 aromatic carbocycles. The average molecular weight is 362 g/mol. The molecule has 133 valence electrons. The van der Waals surface area contributed by atoms with Gasteiger partial charge < -0.3 is 14.8 Å². The van der Waals surface area contributed by atoms with E-state index in [1.54, 1.807) is 0 Å². The Bertz CT molecular complexity index is 1450. The Balaban J connectivity index is 1.63. The van der Waals surface area contributed by atoms with Crippen molar-refractivity contribution in [3.05, 3.63) is 101 Å². The summed E-state index contributed by atoms with van der Waals surface area (Å²) >= 11 is 0. The second-order valence-electron chi connectivity index (χ2n) is 7.10. The lowest BCUT2D eigenvalue weighted by Gasteiger charge is -2.26. The molecule has 2 N–H and O–H groups in total. The normalized spacial score (nSPS) is 18.0. The van der Waals surface area contributed by atoms with Gasteiger partial charge in [-0.2, -0.15) is 0 Å². The van der Waals surface area contributed by atoms with E-state index in [9.17, 15) is 5.11 Å². The Morgan fingerprint density at radius 3 is 2.64 bits per heavy atom. The SMILES string of the molecule is OC1=c2ccccc2=C2C(c3[c]c4[nH]c5ccccc5c4cc3)=CC=CC2O1. The van der Waals surface area contributed by atoms with Gasteiger partial charge in [0, 0.05) is 27.9 Å². The fraction of sp³-hybridized carbons (Fsp3) is 0.0400. The van der Waals surface area contributed by atoms with E-state index in [1.807, 2.05) is 42.5 Å². The lowest BCUT2D eigenvalue weighted by molar-refractivity contribution is 0.163. The van der Waals surface area contributed by atoms with Gasteiger partial charge in [-0.3, -0.25) is 0 Å². The van der Waals surface area contributed by atoms with Crippen molar-refractivity contribution >= 4 is 38.9 Å². The van der Waals surface area contributed by atoms with E-state index < -0.39 is 0 Å². The zero-order valence-electron chi connectivity index (χ0n) is 14.9. The summed E-state index contributed by atoms with van der Waals surface area (Å²) in [4.78, 5) is 3.47. The summed E-state index contributed by atoms with van der Waals surface area (Å²) in [6, 6.07) is 23.9. The van der Waals surface area contributed by atoms with Crippen LogP contribution < -0.4 is 10.4 Å². The second kappa shape index (κ2) is 5.64. The van der Waals surface area contributed by atoms with Gasteiger partial charge in [0.05, 0.1) is 10.7 Å². The average Bonchev–Trinajstić information content (AvgIpc) is 3.11. The molecule has 2 aliphatic rings. The van der Waals surface area contributed by atoms with Crippen LogP contribution in [0.3, 0.4) is 0 Å². The Morgan fingerprint density at radius 1 is 0.893 bits per heavy atom. The maximum Gasteiger partial charge on any atom is 0.285 e. The topological polar surface area (TPSA) is 45.2 Å². The van der Waals surface area contributed by atoms with Gasteiger partial charge in [-0.1, -0.05) is 60.7 Å². The number of H-pyrrole nitrogens is 1. The third kappa shape index (κ3) is 2.10. The third-order valence-electron chi connectivity index (χ3n) is 5.52. The van der Waals surface area contributed by atoms with Crippen LogP contribution in [-0.2, 0) is 4.74 Å². The van der Waals surface area contributed by atoms with Crippen molar-refractivity contribution in [2.24, 2.45) is 0 Å². The van der Waals surface area contributed by atoms with Crippen LogP contribution in [0.1, 0.15) is 5.56 Å². The van der Waals surface area contributed by atoms with Crippen molar-refractivity contribution in [3.63, 3.8) is 0 Å². The number of ether oxygens (including phenoxy) is 1. The van der Waals surface area contributed by atoms with Crippen molar-refractivity contribution in [3.8, 4) is 0 Å². The van der Waals surface area contributed by atoms with Crippen molar-refractivity contribution in [1.82, 2.24) is 4.98 Å². The summed E-state index contributed by atoms with van der Waals surface area (Å²) in [6.45, 7) is 0. The van der Waals surface area contributed by atoms with E-state index in [4.69, 9.17) is 4.74 Å². The van der Waals surface area contributed by atoms with Crippen molar-refractivity contribution in [1.29, 1.82) is 0 Å². The van der Waals surface area contributed by atoms with Gasteiger partial charge in [-0.05, 0) is 34.6 Å². The fourth-order valence-electron chi connectivity index (χ4n) is 4.25. The van der Waals surface area contributed by atoms with E-state index in [1.165, 1.54) is 10.8 Å². The minimum absolute atomic E-state index is 0.0229. The van der Waals surface area contributed by atoms with E-state index in [2.05, 4.69) is 47.5 Å². The van der Waals surface area contributed by atoms with Crippen LogP contribution in [0.5, 0.6) is 0 Å². The summed E-state index contributed by atoms with van der Waals surface area (Å²) in [5, 5.41) is 14.4. The fourth-order valence-corrected chi connectivity index (χ4v) is 4.25. The first-order chi connectivity index (χ1) is 13.8. The van der Waals surface area contributed by atoms with Crippen LogP contribution in [-0.4, -0.2) is 16.2 Å². The maximum atomic E-state index is 10.3. The van der Waals surface area contributed by atoms with Gasteiger partial charge >= 0.3 is 0 Å². The summed E-state index contributed by atoms with van der Waals surface area (Å²) in [6.07, 6.45) is 5.73. The molecule has 4 aromatic rings. The number of fused-ring (bicyclic) bond motifs is 5. The molecular weight excluding hydrogens is 346 g/mol. The molecule has 1 atom stereocenters. The van der Waals surface area contributed by atoms with E-state index in [0.717, 1.165) is 38.2 Å². The van der Waals surface area contributed by atoms with Crippen molar-refractivity contribution < 1.29 is 9.84 Å². The number of hydrogen-bond acceptors (Lipinski definition) is 2. The Hall–Kier alpha value is -3.72. The highest BCUT2D eigenvalue weighted by Gasteiger charge is 2.26. The molecule has 1 radical (unpaired) electrons. The Labute approximate surface area is 161 Å². The number of hydrogen-bond donors (Lipinski definition) is 2. The predicted molar refractivity (Wildman–Crippen MR) is 112 cm³/mol. The zero-order valence-corrected chi connectivity index (χ0v) is 14.9. The van der Waals surface area contributed by atoms with Crippen molar-refractivity contribution in [2.75, 3.05) is 0 Å². The third-order valence-corrected chi connectivity index (χ3v) is 5.52. The van der Waals surface area contributed by atoms with Crippen LogP contribution >= 0.6 is 0 Å². The van der Waals surface area contributed by atoms with Crippen molar-refractivity contribution in [2.45, 2.75) is 6.10 Å². The molecule has 0 fully saturated rings. The van der Waals surface area contributed by atoms with Crippen LogP contribution in [0.4, 0.5) is 0 Å². The maximum absolute atomic E-state index is 10.3. The second-order valence-corrected chi connectivity index (χ2v) is 7.10. The largest absolute Gasteiger partial charge is 0.481 e. The number of allylic oxidation sites excluding steroid dienone is 2. The van der Waals surface area contributed by atoms with Gasteiger partial charge in [0.15, 0.2) is 0 Å². The summed E-state index contributed by atoms with van der Waals surface area (Å²) < 4.78 is 5.79. The first kappa shape index (κ1) is 15.3. The van der Waals surface area contributed by atoms with Crippen LogP contribution in [0.2, 0.25) is 0 Å². The molecule has 0 spiro atoms. The predicted octanol–water partition coefficient (Wildman–Crippen LogP) is 3.95. The van der Waals surface area contributed by atoms with Crippen LogP contribution in [0.15, 0.2) is 78.9 Å². The molecule has 1 aliphatic heterocycles. The Morgan fingerprint density at radius 2 is 1.71 bits per heavy atom. The van der Waals surface area contributed by atoms with Gasteiger partial charge in [0.2, 0.25) is 0 Å². The van der Waals surface area contributed by atoms with Gasteiger partial charge in [0.25, 0.3) is 5.95 Å². The molecule has 3 heteroatoms. The zero-order chi connectivity index (χ0) is 18.7. The highest BCUT2D eigenvalue weighted by molar-refractivity contribution is 6.09. The minimum Gasteiger partial charge on any atom is -0.481 e. The van der Waals surface area contributed by atoms with Gasteiger partial charge in [-0.15, -0.1) is 0 Å². The minimum atomic E-state index is -0.304. The molecule has 0 saturated heterocycles. The van der Waals surface area contributed by atoms with E-state index in [-0.39, 0.29) is 12.0 Å². The lowest BCUT2D eigenvalue weighted by atomic mass is 9.87. The first-order valence-corrected chi connectivity index (χ1v) is 9.31. The number of aliphatic hydroxyl groups is 1. The van der Waals surface area contributed by atoms with E-state index >= 15 is 0 Å². The molecule has 3 nitrogen and oxygen atoms in total. The summed E-state index contributed by atoms with van der Waals surface area (Å²) in [5.41, 5.74) is 5.23. The summed E-state index contributed by atoms with van der Waals surface area (Å²) in [5.74, 6) is -0.0229.